The van der Waals surface area contributed by atoms with Crippen LogP contribution in [0, 0.1) is 17.1 Å². The van der Waals surface area contributed by atoms with Crippen LogP contribution in [-0.4, -0.2) is 25.3 Å². The Morgan fingerprint density at radius 3 is 2.89 bits per heavy atom. The van der Waals surface area contributed by atoms with Crippen LogP contribution in [0.3, 0.4) is 0 Å². The standard InChI is InChI=1S/C13H14BrFN2O/c1-8-7-18-9(2)6-17(8)11-4-3-10(5-16)12(14)13(11)15/h3-4,8-9H,6-7H2,1-2H3. The topological polar surface area (TPSA) is 36.3 Å². The van der Waals surface area contributed by atoms with E-state index < -0.39 is 0 Å². The minimum absolute atomic E-state index is 0.0787. The molecule has 0 amide bonds. The quantitative estimate of drug-likeness (QED) is 0.799. The summed E-state index contributed by atoms with van der Waals surface area (Å²) in [5.41, 5.74) is 0.828. The highest BCUT2D eigenvalue weighted by Gasteiger charge is 2.26. The Kier molecular flexibility index (Phi) is 3.88. The first kappa shape index (κ1) is 13.3. The largest absolute Gasteiger partial charge is 0.375 e. The minimum atomic E-state index is -0.380. The highest BCUT2D eigenvalue weighted by Crippen LogP contribution is 2.31. The van der Waals surface area contributed by atoms with Gasteiger partial charge in [0.2, 0.25) is 0 Å². The lowest BCUT2D eigenvalue weighted by Gasteiger charge is -2.38. The maximum Gasteiger partial charge on any atom is 0.161 e. The van der Waals surface area contributed by atoms with Crippen LogP contribution in [0.15, 0.2) is 16.6 Å². The third-order valence-electron chi connectivity index (χ3n) is 3.10. The van der Waals surface area contributed by atoms with E-state index in [9.17, 15) is 4.39 Å². The molecule has 1 heterocycles. The zero-order chi connectivity index (χ0) is 13.3. The van der Waals surface area contributed by atoms with Crippen LogP contribution >= 0.6 is 15.9 Å². The molecule has 0 aromatic heterocycles. The number of hydrogen-bond acceptors (Lipinski definition) is 3. The van der Waals surface area contributed by atoms with Crippen molar-refractivity contribution in [1.29, 1.82) is 5.26 Å². The van der Waals surface area contributed by atoms with Crippen molar-refractivity contribution in [3.8, 4) is 6.07 Å². The molecule has 0 N–H and O–H groups in total. The van der Waals surface area contributed by atoms with E-state index in [4.69, 9.17) is 10.00 Å². The molecule has 0 radical (unpaired) electrons. The summed E-state index contributed by atoms with van der Waals surface area (Å²) in [5.74, 6) is -0.380. The van der Waals surface area contributed by atoms with Crippen molar-refractivity contribution in [3.05, 3.63) is 28.0 Å². The third-order valence-corrected chi connectivity index (χ3v) is 3.87. The van der Waals surface area contributed by atoms with Crippen molar-refractivity contribution in [1.82, 2.24) is 0 Å². The molecule has 1 aromatic carbocycles. The van der Waals surface area contributed by atoms with E-state index in [1.807, 2.05) is 24.8 Å². The van der Waals surface area contributed by atoms with Crippen LogP contribution in [-0.2, 0) is 4.74 Å². The van der Waals surface area contributed by atoms with E-state index in [-0.39, 0.29) is 22.4 Å². The van der Waals surface area contributed by atoms with E-state index in [1.54, 1.807) is 12.1 Å². The molecule has 2 rings (SSSR count). The van der Waals surface area contributed by atoms with Gasteiger partial charge >= 0.3 is 0 Å². The molecular formula is C13H14BrFN2O. The SMILES string of the molecule is CC1CN(c2ccc(C#N)c(Br)c2F)C(C)CO1. The van der Waals surface area contributed by atoms with Gasteiger partial charge in [0, 0.05) is 12.6 Å². The molecule has 1 aromatic rings. The fraction of sp³-hybridized carbons (Fsp3) is 0.462. The minimum Gasteiger partial charge on any atom is -0.375 e. The summed E-state index contributed by atoms with van der Waals surface area (Å²) >= 11 is 3.14. The number of nitriles is 1. The predicted octanol–water partition coefficient (Wildman–Crippen LogP) is 3.07. The molecule has 2 atom stereocenters. The number of benzene rings is 1. The number of rotatable bonds is 1. The fourth-order valence-electron chi connectivity index (χ4n) is 2.09. The van der Waals surface area contributed by atoms with E-state index in [1.165, 1.54) is 0 Å². The maximum atomic E-state index is 14.3. The van der Waals surface area contributed by atoms with Crippen LogP contribution < -0.4 is 4.90 Å². The number of nitrogens with zero attached hydrogens (tertiary/aromatic N) is 2. The Labute approximate surface area is 114 Å². The molecule has 0 spiro atoms. The van der Waals surface area contributed by atoms with Crippen LogP contribution in [0.25, 0.3) is 0 Å². The summed E-state index contributed by atoms with van der Waals surface area (Å²) in [5, 5.41) is 8.86. The average Bonchev–Trinajstić information content (AvgIpc) is 2.36. The van der Waals surface area contributed by atoms with Crippen LogP contribution in [0.5, 0.6) is 0 Å². The molecule has 0 aliphatic carbocycles. The molecule has 1 aliphatic rings. The van der Waals surface area contributed by atoms with Crippen LogP contribution in [0.4, 0.5) is 10.1 Å². The Bertz CT molecular complexity index is 500. The summed E-state index contributed by atoms with van der Waals surface area (Å²) in [6, 6.07) is 5.37. The second-order valence-electron chi connectivity index (χ2n) is 4.52. The lowest BCUT2D eigenvalue weighted by molar-refractivity contribution is 0.0341. The van der Waals surface area contributed by atoms with Gasteiger partial charge in [0.15, 0.2) is 5.82 Å². The molecule has 0 saturated carbocycles. The molecule has 1 aliphatic heterocycles. The summed E-state index contributed by atoms with van der Waals surface area (Å²) < 4.78 is 20.0. The lowest BCUT2D eigenvalue weighted by atomic mass is 10.1. The lowest BCUT2D eigenvalue weighted by Crippen LogP contribution is -2.47. The van der Waals surface area contributed by atoms with Crippen molar-refractivity contribution in [2.75, 3.05) is 18.1 Å². The van der Waals surface area contributed by atoms with Crippen molar-refractivity contribution in [2.45, 2.75) is 26.0 Å². The molecule has 1 fully saturated rings. The van der Waals surface area contributed by atoms with Crippen molar-refractivity contribution < 1.29 is 9.13 Å². The number of hydrogen-bond donors (Lipinski definition) is 0. The Balaban J connectivity index is 2.39. The highest BCUT2D eigenvalue weighted by atomic mass is 79.9. The molecule has 0 bridgehead atoms. The molecular weight excluding hydrogens is 299 g/mol. The zero-order valence-corrected chi connectivity index (χ0v) is 11.9. The molecule has 2 unspecified atom stereocenters. The van der Waals surface area contributed by atoms with Gasteiger partial charge in [0.05, 0.1) is 28.4 Å². The van der Waals surface area contributed by atoms with E-state index >= 15 is 0 Å². The first-order valence-corrected chi connectivity index (χ1v) is 6.60. The van der Waals surface area contributed by atoms with Gasteiger partial charge in [0.25, 0.3) is 0 Å². The van der Waals surface area contributed by atoms with Gasteiger partial charge in [-0.05, 0) is 41.9 Å². The number of ether oxygens (including phenoxy) is 1. The predicted molar refractivity (Wildman–Crippen MR) is 71.0 cm³/mol. The van der Waals surface area contributed by atoms with Gasteiger partial charge in [-0.1, -0.05) is 0 Å². The molecule has 3 nitrogen and oxygen atoms in total. The second kappa shape index (κ2) is 5.25. The number of morpholine rings is 1. The van der Waals surface area contributed by atoms with Crippen molar-refractivity contribution >= 4 is 21.6 Å². The smallest absolute Gasteiger partial charge is 0.161 e. The van der Waals surface area contributed by atoms with Gasteiger partial charge in [0.1, 0.15) is 6.07 Å². The van der Waals surface area contributed by atoms with E-state index in [0.29, 0.717) is 24.4 Å². The van der Waals surface area contributed by atoms with Crippen molar-refractivity contribution in [3.63, 3.8) is 0 Å². The Morgan fingerprint density at radius 2 is 2.22 bits per heavy atom. The second-order valence-corrected chi connectivity index (χ2v) is 5.31. The average molecular weight is 313 g/mol. The first-order chi connectivity index (χ1) is 8.54. The van der Waals surface area contributed by atoms with E-state index in [0.717, 1.165) is 0 Å². The third kappa shape index (κ3) is 2.36. The Hall–Kier alpha value is -1.12. The van der Waals surface area contributed by atoms with E-state index in [2.05, 4.69) is 15.9 Å². The van der Waals surface area contributed by atoms with Crippen LogP contribution in [0.1, 0.15) is 19.4 Å². The summed E-state index contributed by atoms with van der Waals surface area (Å²) in [4.78, 5) is 1.98. The molecule has 5 heteroatoms. The van der Waals surface area contributed by atoms with Gasteiger partial charge in [-0.2, -0.15) is 5.26 Å². The maximum absolute atomic E-state index is 14.3. The fourth-order valence-corrected chi connectivity index (χ4v) is 2.51. The summed E-state index contributed by atoms with van der Waals surface area (Å²) in [7, 11) is 0. The Morgan fingerprint density at radius 1 is 1.50 bits per heavy atom. The van der Waals surface area contributed by atoms with Gasteiger partial charge in [-0.25, -0.2) is 4.39 Å². The van der Waals surface area contributed by atoms with Crippen molar-refractivity contribution in [2.24, 2.45) is 0 Å². The van der Waals surface area contributed by atoms with Gasteiger partial charge in [-0.3, -0.25) is 0 Å². The van der Waals surface area contributed by atoms with Crippen LogP contribution in [0.2, 0.25) is 0 Å². The molecule has 96 valence electrons. The normalized spacial score (nSPS) is 23.8. The van der Waals surface area contributed by atoms with Gasteiger partial charge < -0.3 is 9.64 Å². The summed E-state index contributed by atoms with van der Waals surface area (Å²) in [6.07, 6.45) is 0.0787. The molecule has 1 saturated heterocycles. The zero-order valence-electron chi connectivity index (χ0n) is 10.3. The highest BCUT2D eigenvalue weighted by molar-refractivity contribution is 9.10. The number of halogens is 2. The summed E-state index contributed by atoms with van der Waals surface area (Å²) in [6.45, 7) is 5.20. The monoisotopic (exact) mass is 312 g/mol. The van der Waals surface area contributed by atoms with Gasteiger partial charge in [-0.15, -0.1) is 0 Å². The first-order valence-electron chi connectivity index (χ1n) is 5.81. The number of anilines is 1. The molecule has 18 heavy (non-hydrogen) atoms.